The number of carbonyl (C=O) groups excluding carboxylic acids is 1. The van der Waals surface area contributed by atoms with Gasteiger partial charge < -0.3 is 14.7 Å². The largest absolute Gasteiger partial charge is 0.392 e. The van der Waals surface area contributed by atoms with Gasteiger partial charge in [-0.05, 0) is 68.8 Å². The summed E-state index contributed by atoms with van der Waals surface area (Å²) in [4.78, 5) is 19.3. The average molecular weight is 419 g/mol. The zero-order chi connectivity index (χ0) is 19.8. The van der Waals surface area contributed by atoms with E-state index >= 15 is 0 Å². The van der Waals surface area contributed by atoms with Crippen molar-refractivity contribution < 1.29 is 14.6 Å². The maximum absolute atomic E-state index is 13.2. The van der Waals surface area contributed by atoms with Gasteiger partial charge >= 0.3 is 0 Å². The molecule has 4 aliphatic rings. The average Bonchev–Trinajstić information content (AvgIpc) is 3.18. The first-order chi connectivity index (χ1) is 14.1. The zero-order valence-electron chi connectivity index (χ0n) is 17.4. The Morgan fingerprint density at radius 3 is 2.72 bits per heavy atom. The van der Waals surface area contributed by atoms with Crippen molar-refractivity contribution in [2.45, 2.75) is 69.9 Å². The van der Waals surface area contributed by atoms with Crippen LogP contribution in [0.15, 0.2) is 5.38 Å². The number of rotatable bonds is 2. The van der Waals surface area contributed by atoms with Gasteiger partial charge in [0.25, 0.3) is 5.91 Å². The number of amides is 1. The third-order valence-corrected chi connectivity index (χ3v) is 8.85. The molecule has 160 valence electrons. The van der Waals surface area contributed by atoms with Gasteiger partial charge in [-0.3, -0.25) is 9.69 Å². The zero-order valence-corrected chi connectivity index (χ0v) is 18.2. The third kappa shape index (κ3) is 4.01. The minimum atomic E-state index is -0.238. The molecule has 1 aliphatic carbocycles. The molecule has 5 nitrogen and oxygen atoms in total. The lowest BCUT2D eigenvalue weighted by atomic mass is 9.71. The maximum Gasteiger partial charge on any atom is 0.254 e. The van der Waals surface area contributed by atoms with E-state index in [1.807, 2.05) is 0 Å². The molecule has 1 N–H and O–H groups in total. The number of thiophene rings is 1. The van der Waals surface area contributed by atoms with Crippen LogP contribution in [-0.4, -0.2) is 72.4 Å². The summed E-state index contributed by atoms with van der Waals surface area (Å²) in [5, 5.41) is 12.7. The second kappa shape index (κ2) is 8.29. The fraction of sp³-hybridized carbons (Fsp3) is 0.783. The molecule has 1 spiro atoms. The van der Waals surface area contributed by atoms with E-state index in [1.165, 1.54) is 23.3 Å². The van der Waals surface area contributed by atoms with Gasteiger partial charge in [0.05, 0.1) is 11.7 Å². The highest BCUT2D eigenvalue weighted by Crippen LogP contribution is 2.42. The molecule has 0 radical (unpaired) electrons. The van der Waals surface area contributed by atoms with E-state index < -0.39 is 0 Å². The number of aliphatic hydroxyl groups is 1. The fourth-order valence-corrected chi connectivity index (χ4v) is 7.23. The number of aliphatic hydroxyl groups excluding tert-OH is 1. The van der Waals surface area contributed by atoms with Crippen molar-refractivity contribution in [1.29, 1.82) is 0 Å². The molecule has 0 saturated carbocycles. The number of hydrogen-bond acceptors (Lipinski definition) is 5. The van der Waals surface area contributed by atoms with Crippen LogP contribution < -0.4 is 0 Å². The van der Waals surface area contributed by atoms with Gasteiger partial charge in [0.2, 0.25) is 0 Å². The van der Waals surface area contributed by atoms with Crippen LogP contribution in [0.3, 0.4) is 0 Å². The summed E-state index contributed by atoms with van der Waals surface area (Å²) >= 11 is 1.78. The van der Waals surface area contributed by atoms with Crippen LogP contribution in [0.25, 0.3) is 0 Å². The number of carbonyl (C=O) groups is 1. The van der Waals surface area contributed by atoms with Crippen molar-refractivity contribution in [2.24, 2.45) is 5.41 Å². The quantitative estimate of drug-likeness (QED) is 0.802. The Morgan fingerprint density at radius 2 is 1.93 bits per heavy atom. The highest BCUT2D eigenvalue weighted by atomic mass is 32.1. The SMILES string of the molecule is O=C(c1csc2c1CCCC2)N1CCC2(CC1)CC(O)CN(C1CCOCC1)C2. The van der Waals surface area contributed by atoms with Crippen LogP contribution in [0.1, 0.15) is 65.7 Å². The summed E-state index contributed by atoms with van der Waals surface area (Å²) in [6.45, 7) is 5.23. The van der Waals surface area contributed by atoms with Gasteiger partial charge in [0.15, 0.2) is 0 Å². The van der Waals surface area contributed by atoms with Crippen molar-refractivity contribution in [3.05, 3.63) is 21.4 Å². The second-order valence-corrected chi connectivity index (χ2v) is 10.6. The molecular formula is C23H34N2O3S. The Labute approximate surface area is 178 Å². The second-order valence-electron chi connectivity index (χ2n) is 9.68. The molecule has 29 heavy (non-hydrogen) atoms. The van der Waals surface area contributed by atoms with Crippen LogP contribution in [0.4, 0.5) is 0 Å². The lowest BCUT2D eigenvalue weighted by molar-refractivity contribution is -0.0695. The Bertz CT molecular complexity index is 734. The molecule has 3 saturated heterocycles. The minimum Gasteiger partial charge on any atom is -0.392 e. The Morgan fingerprint density at radius 1 is 1.17 bits per heavy atom. The molecule has 1 aromatic heterocycles. The van der Waals surface area contributed by atoms with Crippen LogP contribution >= 0.6 is 11.3 Å². The Kier molecular flexibility index (Phi) is 5.71. The first-order valence-electron chi connectivity index (χ1n) is 11.5. The summed E-state index contributed by atoms with van der Waals surface area (Å²) in [5.41, 5.74) is 2.49. The lowest BCUT2D eigenvalue weighted by Gasteiger charge is -2.51. The van der Waals surface area contributed by atoms with E-state index in [0.717, 1.165) is 89.9 Å². The van der Waals surface area contributed by atoms with Gasteiger partial charge in [0, 0.05) is 55.7 Å². The van der Waals surface area contributed by atoms with Crippen molar-refractivity contribution in [3.8, 4) is 0 Å². The smallest absolute Gasteiger partial charge is 0.254 e. The Balaban J connectivity index is 1.24. The molecule has 3 aliphatic heterocycles. The number of ether oxygens (including phenoxy) is 1. The van der Waals surface area contributed by atoms with Crippen LogP contribution in [0.2, 0.25) is 0 Å². The van der Waals surface area contributed by atoms with Crippen molar-refractivity contribution in [2.75, 3.05) is 39.4 Å². The molecule has 1 amide bonds. The number of hydrogen-bond donors (Lipinski definition) is 1. The van der Waals surface area contributed by atoms with Gasteiger partial charge in [-0.25, -0.2) is 0 Å². The molecule has 0 bridgehead atoms. The molecule has 4 heterocycles. The molecule has 6 heteroatoms. The van der Waals surface area contributed by atoms with Crippen LogP contribution in [-0.2, 0) is 17.6 Å². The van der Waals surface area contributed by atoms with Crippen LogP contribution in [0.5, 0.6) is 0 Å². The highest BCUT2D eigenvalue weighted by molar-refractivity contribution is 7.10. The molecule has 1 aromatic rings. The maximum atomic E-state index is 13.2. The number of piperidine rings is 2. The lowest BCUT2D eigenvalue weighted by Crippen LogP contribution is -2.57. The summed E-state index contributed by atoms with van der Waals surface area (Å²) in [6.07, 6.45) is 9.55. The van der Waals surface area contributed by atoms with E-state index in [1.54, 1.807) is 11.3 Å². The molecule has 0 aromatic carbocycles. The van der Waals surface area contributed by atoms with Gasteiger partial charge in [-0.2, -0.15) is 0 Å². The fourth-order valence-electron chi connectivity index (χ4n) is 6.11. The third-order valence-electron chi connectivity index (χ3n) is 7.76. The minimum absolute atomic E-state index is 0.167. The normalized spacial score (nSPS) is 28.4. The monoisotopic (exact) mass is 418 g/mol. The van der Waals surface area contributed by atoms with E-state index in [9.17, 15) is 9.90 Å². The van der Waals surface area contributed by atoms with E-state index in [4.69, 9.17) is 4.74 Å². The summed E-state index contributed by atoms with van der Waals surface area (Å²) in [7, 11) is 0. The molecule has 1 unspecified atom stereocenters. The van der Waals surface area contributed by atoms with Gasteiger partial charge in [-0.1, -0.05) is 0 Å². The topological polar surface area (TPSA) is 53.0 Å². The Hall–Kier alpha value is -0.950. The van der Waals surface area contributed by atoms with E-state index in [-0.39, 0.29) is 17.4 Å². The number of fused-ring (bicyclic) bond motifs is 1. The summed E-state index contributed by atoms with van der Waals surface area (Å²) in [6, 6.07) is 0.549. The first kappa shape index (κ1) is 20.0. The predicted molar refractivity (Wildman–Crippen MR) is 115 cm³/mol. The van der Waals surface area contributed by atoms with Gasteiger partial charge in [-0.15, -0.1) is 11.3 Å². The molecule has 3 fully saturated rings. The molecule has 1 atom stereocenters. The molecular weight excluding hydrogens is 384 g/mol. The number of likely N-dealkylation sites (tertiary alicyclic amines) is 2. The van der Waals surface area contributed by atoms with Gasteiger partial charge in [0.1, 0.15) is 0 Å². The van der Waals surface area contributed by atoms with Crippen LogP contribution in [0, 0.1) is 5.41 Å². The summed E-state index contributed by atoms with van der Waals surface area (Å²) in [5.74, 6) is 0.247. The van der Waals surface area contributed by atoms with E-state index in [0.29, 0.717) is 6.04 Å². The first-order valence-corrected chi connectivity index (χ1v) is 12.4. The predicted octanol–water partition coefficient (Wildman–Crippen LogP) is 3.09. The highest BCUT2D eigenvalue weighted by Gasteiger charge is 2.44. The number of aryl methyl sites for hydroxylation is 1. The number of β-amino-alcohol motifs (C(OH)–C–C–N with tert-alkyl or cyclic N) is 1. The molecule has 5 rings (SSSR count). The summed E-state index contributed by atoms with van der Waals surface area (Å²) < 4.78 is 5.54. The van der Waals surface area contributed by atoms with Crippen molar-refractivity contribution >= 4 is 17.2 Å². The van der Waals surface area contributed by atoms with Crippen molar-refractivity contribution in [1.82, 2.24) is 9.80 Å². The standard InChI is InChI=1S/C23H34N2O3S/c26-18-13-23(16-25(14-18)17-5-11-28-12-6-17)7-9-24(10-8-23)22(27)20-15-29-21-4-2-1-3-19(20)21/h15,17-18,26H,1-14,16H2. The van der Waals surface area contributed by atoms with E-state index in [2.05, 4.69) is 15.2 Å². The van der Waals surface area contributed by atoms with Crippen molar-refractivity contribution in [3.63, 3.8) is 0 Å². The number of nitrogens with zero attached hydrogens (tertiary/aromatic N) is 2.